The van der Waals surface area contributed by atoms with E-state index in [0.717, 1.165) is 10.0 Å². The number of amides is 2. The lowest BCUT2D eigenvalue weighted by molar-refractivity contribution is 0.0723. The number of hydrogen-bond donors (Lipinski definition) is 0. The molecule has 0 aliphatic rings. The predicted octanol–water partition coefficient (Wildman–Crippen LogP) is 2.06. The number of rotatable bonds is 5. The molecule has 2 aromatic rings. The summed E-state index contributed by atoms with van der Waals surface area (Å²) in [5.74, 6) is -0.139. The monoisotopic (exact) mass is 338 g/mol. The maximum absolute atomic E-state index is 12.2. The molecule has 8 heteroatoms. The molecule has 2 heterocycles. The van der Waals surface area contributed by atoms with Gasteiger partial charge in [-0.2, -0.15) is 0 Å². The van der Waals surface area contributed by atoms with Crippen molar-refractivity contribution in [3.63, 3.8) is 0 Å². The van der Waals surface area contributed by atoms with Crippen LogP contribution in [0.3, 0.4) is 0 Å². The van der Waals surface area contributed by atoms with Crippen molar-refractivity contribution in [2.24, 2.45) is 0 Å². The first kappa shape index (κ1) is 16.6. The molecule has 0 bridgehead atoms. The van der Waals surface area contributed by atoms with Gasteiger partial charge in [-0.25, -0.2) is 9.97 Å². The van der Waals surface area contributed by atoms with Gasteiger partial charge in [0.1, 0.15) is 9.75 Å². The van der Waals surface area contributed by atoms with Gasteiger partial charge in [-0.05, 0) is 13.8 Å². The van der Waals surface area contributed by atoms with Crippen LogP contribution >= 0.6 is 22.7 Å². The highest BCUT2D eigenvalue weighted by atomic mass is 32.1. The zero-order chi connectivity index (χ0) is 16.3. The second-order valence-corrected chi connectivity index (χ2v) is 7.41. The minimum absolute atomic E-state index is 0.0694. The fourth-order valence-corrected chi connectivity index (χ4v) is 3.34. The minimum atomic E-state index is -0.0694. The first-order valence-corrected chi connectivity index (χ1v) is 8.37. The normalized spacial score (nSPS) is 10.5. The third-order valence-electron chi connectivity index (χ3n) is 3.13. The van der Waals surface area contributed by atoms with E-state index in [1.807, 2.05) is 13.8 Å². The molecule has 0 unspecified atom stereocenters. The molecular weight excluding hydrogens is 320 g/mol. The number of carbonyl (C=O) groups is 2. The number of hydrogen-bond acceptors (Lipinski definition) is 6. The van der Waals surface area contributed by atoms with E-state index in [9.17, 15) is 9.59 Å². The van der Waals surface area contributed by atoms with E-state index < -0.39 is 0 Å². The summed E-state index contributed by atoms with van der Waals surface area (Å²) < 4.78 is 0. The number of aromatic nitrogens is 2. The van der Waals surface area contributed by atoms with Gasteiger partial charge in [-0.1, -0.05) is 0 Å². The van der Waals surface area contributed by atoms with E-state index in [-0.39, 0.29) is 11.8 Å². The SMILES string of the molecule is Cc1ncc(C(=O)N(C)CCN(C)C(=O)c2cnc(C)s2)s1. The Labute approximate surface area is 137 Å². The second-order valence-electron chi connectivity index (χ2n) is 4.94. The van der Waals surface area contributed by atoms with Crippen molar-refractivity contribution in [1.29, 1.82) is 0 Å². The topological polar surface area (TPSA) is 66.4 Å². The van der Waals surface area contributed by atoms with Crippen LogP contribution in [0.1, 0.15) is 29.4 Å². The molecule has 0 fully saturated rings. The largest absolute Gasteiger partial charge is 0.339 e. The Kier molecular flexibility index (Phi) is 5.25. The third-order valence-corrected chi connectivity index (χ3v) is 4.93. The fraction of sp³-hybridized carbons (Fsp3) is 0.429. The molecule has 0 aromatic carbocycles. The summed E-state index contributed by atoms with van der Waals surface area (Å²) in [6, 6.07) is 0. The molecular formula is C14H18N4O2S2. The molecule has 6 nitrogen and oxygen atoms in total. The van der Waals surface area contributed by atoms with Crippen LogP contribution in [0.5, 0.6) is 0 Å². The van der Waals surface area contributed by atoms with Crippen LogP contribution < -0.4 is 0 Å². The maximum atomic E-state index is 12.2. The van der Waals surface area contributed by atoms with E-state index in [1.165, 1.54) is 22.7 Å². The van der Waals surface area contributed by atoms with Gasteiger partial charge in [0, 0.05) is 27.2 Å². The zero-order valence-electron chi connectivity index (χ0n) is 13.0. The molecule has 2 aromatic heterocycles. The Morgan fingerprint density at radius 3 is 1.55 bits per heavy atom. The lowest BCUT2D eigenvalue weighted by atomic mass is 10.4. The Morgan fingerprint density at radius 2 is 1.27 bits per heavy atom. The highest BCUT2D eigenvalue weighted by molar-refractivity contribution is 7.13. The summed E-state index contributed by atoms with van der Waals surface area (Å²) in [4.78, 5) is 37.0. The first-order chi connectivity index (χ1) is 10.4. The average Bonchev–Trinajstić information content (AvgIpc) is 3.11. The van der Waals surface area contributed by atoms with Crippen LogP contribution in [0.25, 0.3) is 0 Å². The molecule has 0 saturated heterocycles. The standard InChI is InChI=1S/C14H18N4O2S2/c1-9-15-7-11(21-9)13(19)17(3)5-6-18(4)14(20)12-8-16-10(2)22-12/h7-8H,5-6H2,1-4H3. The van der Waals surface area contributed by atoms with Gasteiger partial charge in [0.25, 0.3) is 11.8 Å². The number of nitrogens with zero attached hydrogens (tertiary/aromatic N) is 4. The lowest BCUT2D eigenvalue weighted by Crippen LogP contribution is -2.37. The van der Waals surface area contributed by atoms with E-state index in [2.05, 4.69) is 9.97 Å². The van der Waals surface area contributed by atoms with E-state index in [4.69, 9.17) is 0 Å². The number of aryl methyl sites for hydroxylation is 2. The number of carbonyl (C=O) groups excluding carboxylic acids is 2. The summed E-state index contributed by atoms with van der Waals surface area (Å²) in [6.45, 7) is 4.67. The summed E-state index contributed by atoms with van der Waals surface area (Å²) in [7, 11) is 3.46. The maximum Gasteiger partial charge on any atom is 0.265 e. The smallest absolute Gasteiger partial charge is 0.265 e. The van der Waals surface area contributed by atoms with Crippen molar-refractivity contribution in [1.82, 2.24) is 19.8 Å². The molecule has 0 aliphatic carbocycles. The Bertz CT molecular complexity index is 622. The van der Waals surface area contributed by atoms with Gasteiger partial charge in [0.05, 0.1) is 22.4 Å². The molecule has 2 rings (SSSR count). The molecule has 0 atom stereocenters. The Balaban J connectivity index is 1.89. The van der Waals surface area contributed by atoms with Gasteiger partial charge >= 0.3 is 0 Å². The summed E-state index contributed by atoms with van der Waals surface area (Å²) >= 11 is 2.75. The fourth-order valence-electron chi connectivity index (χ4n) is 1.80. The van der Waals surface area contributed by atoms with Crippen LogP contribution in [0.2, 0.25) is 0 Å². The summed E-state index contributed by atoms with van der Waals surface area (Å²) in [5, 5.41) is 1.73. The van der Waals surface area contributed by atoms with E-state index >= 15 is 0 Å². The first-order valence-electron chi connectivity index (χ1n) is 6.74. The molecule has 0 aliphatic heterocycles. The van der Waals surface area contributed by atoms with Crippen molar-refractivity contribution < 1.29 is 9.59 Å². The Hall–Kier alpha value is -1.80. The quantitative estimate of drug-likeness (QED) is 0.837. The molecule has 0 saturated carbocycles. The van der Waals surface area contributed by atoms with Crippen LogP contribution in [0.4, 0.5) is 0 Å². The predicted molar refractivity (Wildman–Crippen MR) is 87.6 cm³/mol. The van der Waals surface area contributed by atoms with Gasteiger partial charge < -0.3 is 9.80 Å². The van der Waals surface area contributed by atoms with Crippen LogP contribution in [0.15, 0.2) is 12.4 Å². The summed E-state index contributed by atoms with van der Waals surface area (Å²) in [6.07, 6.45) is 3.18. The number of thiazole rings is 2. The molecule has 0 radical (unpaired) electrons. The Morgan fingerprint density at radius 1 is 0.909 bits per heavy atom. The van der Waals surface area contributed by atoms with Crippen molar-refractivity contribution in [3.8, 4) is 0 Å². The molecule has 2 amide bonds. The summed E-state index contributed by atoms with van der Waals surface area (Å²) in [5.41, 5.74) is 0. The van der Waals surface area contributed by atoms with E-state index in [0.29, 0.717) is 22.8 Å². The van der Waals surface area contributed by atoms with Gasteiger partial charge in [0.15, 0.2) is 0 Å². The zero-order valence-corrected chi connectivity index (χ0v) is 14.6. The van der Waals surface area contributed by atoms with Crippen LogP contribution in [0, 0.1) is 13.8 Å². The van der Waals surface area contributed by atoms with E-state index in [1.54, 1.807) is 36.3 Å². The number of likely N-dealkylation sites (N-methyl/N-ethyl adjacent to an activating group) is 2. The molecule has 22 heavy (non-hydrogen) atoms. The highest BCUT2D eigenvalue weighted by Gasteiger charge is 2.18. The molecule has 118 valence electrons. The molecule has 0 N–H and O–H groups in total. The minimum Gasteiger partial charge on any atom is -0.339 e. The van der Waals surface area contributed by atoms with Crippen molar-refractivity contribution >= 4 is 34.5 Å². The second kappa shape index (κ2) is 6.97. The van der Waals surface area contributed by atoms with Crippen molar-refractivity contribution in [3.05, 3.63) is 32.2 Å². The highest BCUT2D eigenvalue weighted by Crippen LogP contribution is 2.15. The lowest BCUT2D eigenvalue weighted by Gasteiger charge is -2.21. The van der Waals surface area contributed by atoms with Crippen LogP contribution in [-0.4, -0.2) is 58.8 Å². The van der Waals surface area contributed by atoms with Gasteiger partial charge in [0.2, 0.25) is 0 Å². The van der Waals surface area contributed by atoms with Gasteiger partial charge in [-0.3, -0.25) is 9.59 Å². The van der Waals surface area contributed by atoms with Gasteiger partial charge in [-0.15, -0.1) is 22.7 Å². The third kappa shape index (κ3) is 3.89. The van der Waals surface area contributed by atoms with Crippen LogP contribution in [-0.2, 0) is 0 Å². The molecule has 0 spiro atoms. The van der Waals surface area contributed by atoms with Crippen molar-refractivity contribution in [2.75, 3.05) is 27.2 Å². The average molecular weight is 338 g/mol. The van der Waals surface area contributed by atoms with Crippen molar-refractivity contribution in [2.45, 2.75) is 13.8 Å².